The zero-order valence-corrected chi connectivity index (χ0v) is 19.5. The molecule has 32 heavy (non-hydrogen) atoms. The zero-order valence-electron chi connectivity index (χ0n) is 18.0. The van der Waals surface area contributed by atoms with E-state index in [1.54, 1.807) is 16.7 Å². The number of ether oxygens (including phenoxy) is 1. The Hall–Kier alpha value is -2.68. The van der Waals surface area contributed by atoms with Crippen molar-refractivity contribution in [1.29, 1.82) is 0 Å². The molecule has 4 rings (SSSR count). The van der Waals surface area contributed by atoms with Gasteiger partial charge in [0, 0.05) is 43.3 Å². The minimum Gasteiger partial charge on any atom is -0.494 e. The summed E-state index contributed by atoms with van der Waals surface area (Å²) in [6, 6.07) is 15.5. The molecule has 0 saturated carbocycles. The molecule has 1 saturated heterocycles. The number of hydrogen-bond donors (Lipinski definition) is 1. The lowest BCUT2D eigenvalue weighted by molar-refractivity contribution is -0.133. The van der Waals surface area contributed by atoms with Gasteiger partial charge in [0.25, 0.3) is 0 Å². The lowest BCUT2D eigenvalue weighted by Crippen LogP contribution is -2.49. The fourth-order valence-corrected chi connectivity index (χ4v) is 4.11. The molecule has 0 bridgehead atoms. The predicted octanol–water partition coefficient (Wildman–Crippen LogP) is 4.00. The van der Waals surface area contributed by atoms with Crippen molar-refractivity contribution in [2.75, 3.05) is 32.8 Å². The number of carbonyl (C=O) groups is 1. The third-order valence-electron chi connectivity index (χ3n) is 5.52. The van der Waals surface area contributed by atoms with Crippen molar-refractivity contribution in [2.45, 2.75) is 20.0 Å². The summed E-state index contributed by atoms with van der Waals surface area (Å²) in [6.07, 6.45) is 0. The van der Waals surface area contributed by atoms with Gasteiger partial charge in [0.1, 0.15) is 12.3 Å². The number of benzene rings is 2. The number of carbonyl (C=O) groups excluding carboxylic acids is 1. The third kappa shape index (κ3) is 5.38. The van der Waals surface area contributed by atoms with Crippen molar-refractivity contribution >= 4 is 29.7 Å². The van der Waals surface area contributed by atoms with E-state index < -0.39 is 0 Å². The molecule has 1 amide bonds. The molecule has 0 atom stereocenters. The van der Waals surface area contributed by atoms with Crippen LogP contribution in [-0.4, -0.2) is 63.3 Å². The van der Waals surface area contributed by atoms with Gasteiger partial charge >= 0.3 is 0 Å². The quantitative estimate of drug-likeness (QED) is 0.527. The maximum Gasteiger partial charge on any atom is 0.242 e. The summed E-state index contributed by atoms with van der Waals surface area (Å²) in [7, 11) is 0. The maximum atomic E-state index is 13.0. The van der Waals surface area contributed by atoms with Crippen LogP contribution in [0.3, 0.4) is 0 Å². The largest absolute Gasteiger partial charge is 0.494 e. The molecule has 3 aromatic rings. The molecule has 1 fully saturated rings. The van der Waals surface area contributed by atoms with Gasteiger partial charge in [-0.2, -0.15) is 5.10 Å². The first kappa shape index (κ1) is 22.5. The molecule has 168 valence electrons. The van der Waals surface area contributed by atoms with Crippen LogP contribution in [-0.2, 0) is 17.9 Å². The Labute approximate surface area is 197 Å². The molecule has 2 aromatic carbocycles. The molecule has 0 aliphatic carbocycles. The summed E-state index contributed by atoms with van der Waals surface area (Å²) in [4.78, 5) is 17.2. The van der Waals surface area contributed by atoms with Gasteiger partial charge in [-0.15, -0.1) is 0 Å². The van der Waals surface area contributed by atoms with Crippen molar-refractivity contribution in [3.63, 3.8) is 0 Å². The summed E-state index contributed by atoms with van der Waals surface area (Å²) < 4.78 is 7.68. The molecule has 9 heteroatoms. The average Bonchev–Trinajstić information content (AvgIpc) is 3.16. The van der Waals surface area contributed by atoms with E-state index >= 15 is 0 Å². The number of nitrogens with one attached hydrogen (secondary N) is 1. The molecule has 1 aliphatic heterocycles. The summed E-state index contributed by atoms with van der Waals surface area (Å²) in [5.41, 5.74) is 2.10. The number of H-pyrrole nitrogens is 1. The van der Waals surface area contributed by atoms with E-state index in [0.29, 0.717) is 35.3 Å². The fraction of sp³-hybridized carbons (Fsp3) is 0.348. The van der Waals surface area contributed by atoms with Gasteiger partial charge < -0.3 is 9.64 Å². The lowest BCUT2D eigenvalue weighted by Gasteiger charge is -2.35. The van der Waals surface area contributed by atoms with Crippen molar-refractivity contribution < 1.29 is 9.53 Å². The van der Waals surface area contributed by atoms with Crippen molar-refractivity contribution in [3.8, 4) is 17.1 Å². The van der Waals surface area contributed by atoms with E-state index in [1.165, 1.54) is 5.56 Å². The number of aromatic nitrogens is 3. The van der Waals surface area contributed by atoms with Crippen LogP contribution in [0.2, 0.25) is 5.02 Å². The molecule has 7 nitrogen and oxygen atoms in total. The molecule has 0 radical (unpaired) electrons. The molecule has 1 aromatic heterocycles. The average molecular weight is 472 g/mol. The van der Waals surface area contributed by atoms with Crippen LogP contribution in [0.4, 0.5) is 0 Å². The first-order chi connectivity index (χ1) is 15.5. The topological polar surface area (TPSA) is 66.4 Å². The number of nitrogens with zero attached hydrogens (tertiary/aromatic N) is 4. The van der Waals surface area contributed by atoms with E-state index in [9.17, 15) is 4.79 Å². The maximum absolute atomic E-state index is 13.0. The summed E-state index contributed by atoms with van der Waals surface area (Å²) in [6.45, 7) is 6.72. The second kappa shape index (κ2) is 10.3. The molecular formula is C23H26ClN5O2S. The van der Waals surface area contributed by atoms with Crippen LogP contribution >= 0.6 is 23.8 Å². The second-order valence-electron chi connectivity index (χ2n) is 7.68. The Kier molecular flexibility index (Phi) is 7.24. The molecule has 1 aliphatic rings. The second-order valence-corrected chi connectivity index (χ2v) is 8.50. The minimum atomic E-state index is 0.0402. The van der Waals surface area contributed by atoms with Crippen LogP contribution in [0, 0.1) is 4.77 Å². The molecular weight excluding hydrogens is 446 g/mol. The van der Waals surface area contributed by atoms with Gasteiger partial charge in [0.05, 0.1) is 6.61 Å². The predicted molar refractivity (Wildman–Crippen MR) is 127 cm³/mol. The first-order valence-electron chi connectivity index (χ1n) is 10.7. The Morgan fingerprint density at radius 1 is 1.09 bits per heavy atom. The first-order valence-corrected chi connectivity index (χ1v) is 11.4. The number of aromatic amines is 1. The number of halogens is 1. The zero-order chi connectivity index (χ0) is 22.5. The number of rotatable bonds is 7. The van der Waals surface area contributed by atoms with Gasteiger partial charge in [-0.3, -0.25) is 19.4 Å². The third-order valence-corrected chi connectivity index (χ3v) is 6.08. The normalized spacial score (nSPS) is 14.5. The highest BCUT2D eigenvalue weighted by atomic mass is 35.5. The number of piperazine rings is 1. The van der Waals surface area contributed by atoms with E-state index in [4.69, 9.17) is 28.6 Å². The van der Waals surface area contributed by atoms with Gasteiger partial charge in [-0.05, 0) is 61.1 Å². The summed E-state index contributed by atoms with van der Waals surface area (Å²) >= 11 is 11.4. The van der Waals surface area contributed by atoms with Crippen molar-refractivity contribution in [3.05, 3.63) is 63.9 Å². The van der Waals surface area contributed by atoms with Gasteiger partial charge in [-0.25, -0.2) is 0 Å². The van der Waals surface area contributed by atoms with Crippen molar-refractivity contribution in [2.24, 2.45) is 0 Å². The molecule has 2 heterocycles. The lowest BCUT2D eigenvalue weighted by atomic mass is 10.2. The van der Waals surface area contributed by atoms with E-state index in [1.807, 2.05) is 36.1 Å². The van der Waals surface area contributed by atoms with Crippen LogP contribution < -0.4 is 4.74 Å². The highest BCUT2D eigenvalue weighted by Crippen LogP contribution is 2.20. The Morgan fingerprint density at radius 2 is 1.78 bits per heavy atom. The molecule has 1 N–H and O–H groups in total. The Morgan fingerprint density at radius 3 is 2.44 bits per heavy atom. The van der Waals surface area contributed by atoms with Crippen LogP contribution in [0.15, 0.2) is 48.5 Å². The Balaban J connectivity index is 1.34. The van der Waals surface area contributed by atoms with E-state index in [0.717, 1.165) is 30.9 Å². The van der Waals surface area contributed by atoms with Gasteiger partial charge in [0.15, 0.2) is 10.6 Å². The van der Waals surface area contributed by atoms with Crippen LogP contribution in [0.1, 0.15) is 12.5 Å². The van der Waals surface area contributed by atoms with E-state index in [-0.39, 0.29) is 12.5 Å². The highest BCUT2D eigenvalue weighted by Gasteiger charge is 2.22. The highest BCUT2D eigenvalue weighted by molar-refractivity contribution is 7.71. The SMILES string of the molecule is CCOc1ccc(CN2CCN(C(=O)Cn3c(-c4ccc(Cl)cc4)n[nH]c3=S)CC2)cc1. The molecule has 0 unspecified atom stereocenters. The van der Waals surface area contributed by atoms with Crippen LogP contribution in [0.5, 0.6) is 5.75 Å². The number of amides is 1. The van der Waals surface area contributed by atoms with Gasteiger partial charge in [-0.1, -0.05) is 23.7 Å². The van der Waals surface area contributed by atoms with Crippen molar-refractivity contribution in [1.82, 2.24) is 24.6 Å². The minimum absolute atomic E-state index is 0.0402. The van der Waals surface area contributed by atoms with E-state index in [2.05, 4.69) is 27.2 Å². The molecule has 0 spiro atoms. The number of hydrogen-bond acceptors (Lipinski definition) is 5. The van der Waals surface area contributed by atoms with Gasteiger partial charge in [0.2, 0.25) is 5.91 Å². The smallest absolute Gasteiger partial charge is 0.242 e. The summed E-state index contributed by atoms with van der Waals surface area (Å²) in [5.74, 6) is 1.56. The fourth-order valence-electron chi connectivity index (χ4n) is 3.79. The Bertz CT molecular complexity index is 1100. The summed E-state index contributed by atoms with van der Waals surface area (Å²) in [5, 5.41) is 7.75. The van der Waals surface area contributed by atoms with Crippen LogP contribution in [0.25, 0.3) is 11.4 Å². The monoisotopic (exact) mass is 471 g/mol. The standard InChI is InChI=1S/C23H26ClN5O2S/c1-2-31-20-9-3-17(4-10-20)15-27-11-13-28(14-12-27)21(30)16-29-22(25-26-23(29)32)18-5-7-19(24)8-6-18/h3-10H,2,11-16H2,1H3,(H,26,32).